The van der Waals surface area contributed by atoms with Crippen LogP contribution in [0.25, 0.3) is 10.2 Å². The molecule has 0 radical (unpaired) electrons. The van der Waals surface area contributed by atoms with E-state index in [0.29, 0.717) is 12.1 Å². The Kier molecular flexibility index (Phi) is 2.77. The summed E-state index contributed by atoms with van der Waals surface area (Å²) in [6.07, 6.45) is 3.28. The van der Waals surface area contributed by atoms with Crippen molar-refractivity contribution in [3.8, 4) is 0 Å². The van der Waals surface area contributed by atoms with Crippen LogP contribution in [-0.2, 0) is 6.54 Å². The lowest BCUT2D eigenvalue weighted by Gasteiger charge is -2.03. The van der Waals surface area contributed by atoms with Crippen LogP contribution in [0.1, 0.15) is 16.1 Å². The summed E-state index contributed by atoms with van der Waals surface area (Å²) in [4.78, 5) is 23.0. The SMILES string of the molecule is O=C(NCc1cnc[nH]1)c1ccc2ncsc2c1. The first-order valence-electron chi connectivity index (χ1n) is 5.41. The third kappa shape index (κ3) is 2.10. The number of nitrogens with one attached hydrogen (secondary N) is 2. The Balaban J connectivity index is 1.75. The standard InChI is InChI=1S/C12H10N4OS/c17-12(14-5-9-4-13-6-15-9)8-1-2-10-11(3-8)18-7-16-10/h1-4,6-7H,5H2,(H,13,15)(H,14,17). The molecule has 2 N–H and O–H groups in total. The Hall–Kier alpha value is -2.21. The Morgan fingerprint density at radius 2 is 2.39 bits per heavy atom. The van der Waals surface area contributed by atoms with Crippen molar-refractivity contribution in [1.82, 2.24) is 20.3 Å². The van der Waals surface area contributed by atoms with Crippen LogP contribution >= 0.6 is 11.3 Å². The molecule has 5 nitrogen and oxygen atoms in total. The van der Waals surface area contributed by atoms with Gasteiger partial charge in [-0.2, -0.15) is 0 Å². The summed E-state index contributed by atoms with van der Waals surface area (Å²) in [5.41, 5.74) is 4.22. The molecule has 3 aromatic rings. The highest BCUT2D eigenvalue weighted by Crippen LogP contribution is 2.18. The topological polar surface area (TPSA) is 70.7 Å². The van der Waals surface area contributed by atoms with E-state index in [1.807, 2.05) is 12.1 Å². The van der Waals surface area contributed by atoms with Gasteiger partial charge in [-0.15, -0.1) is 11.3 Å². The summed E-state index contributed by atoms with van der Waals surface area (Å²) in [7, 11) is 0. The number of nitrogens with zero attached hydrogens (tertiary/aromatic N) is 2. The summed E-state index contributed by atoms with van der Waals surface area (Å²) >= 11 is 1.53. The monoisotopic (exact) mass is 258 g/mol. The van der Waals surface area contributed by atoms with Crippen molar-refractivity contribution in [1.29, 1.82) is 0 Å². The zero-order valence-corrected chi connectivity index (χ0v) is 10.2. The highest BCUT2D eigenvalue weighted by Gasteiger charge is 2.07. The number of aromatic nitrogens is 3. The van der Waals surface area contributed by atoms with Gasteiger partial charge >= 0.3 is 0 Å². The van der Waals surface area contributed by atoms with Crippen molar-refractivity contribution < 1.29 is 4.79 Å². The van der Waals surface area contributed by atoms with E-state index in [9.17, 15) is 4.79 Å². The molecule has 2 aromatic heterocycles. The molecular formula is C12H10N4OS. The Bertz CT molecular complexity index is 674. The summed E-state index contributed by atoms with van der Waals surface area (Å²) < 4.78 is 1.02. The van der Waals surface area contributed by atoms with E-state index in [2.05, 4.69) is 20.3 Å². The van der Waals surface area contributed by atoms with E-state index in [1.165, 1.54) is 11.3 Å². The van der Waals surface area contributed by atoms with Crippen LogP contribution in [0.3, 0.4) is 0 Å². The number of benzene rings is 1. The number of H-pyrrole nitrogens is 1. The van der Waals surface area contributed by atoms with E-state index in [0.717, 1.165) is 15.9 Å². The van der Waals surface area contributed by atoms with Gasteiger partial charge in [0.05, 0.1) is 34.3 Å². The second-order valence-corrected chi connectivity index (χ2v) is 4.68. The first-order valence-corrected chi connectivity index (χ1v) is 6.29. The fourth-order valence-electron chi connectivity index (χ4n) is 1.66. The van der Waals surface area contributed by atoms with Gasteiger partial charge in [0.25, 0.3) is 5.91 Å². The number of aromatic amines is 1. The summed E-state index contributed by atoms with van der Waals surface area (Å²) in [5.74, 6) is -0.0973. The van der Waals surface area contributed by atoms with E-state index in [-0.39, 0.29) is 5.91 Å². The van der Waals surface area contributed by atoms with Crippen LogP contribution in [0.5, 0.6) is 0 Å². The summed E-state index contributed by atoms with van der Waals surface area (Å²) in [5, 5.41) is 2.83. The van der Waals surface area contributed by atoms with E-state index < -0.39 is 0 Å². The van der Waals surface area contributed by atoms with Crippen LogP contribution in [0.2, 0.25) is 0 Å². The van der Waals surface area contributed by atoms with Gasteiger partial charge in [0.1, 0.15) is 0 Å². The largest absolute Gasteiger partial charge is 0.347 e. The maximum absolute atomic E-state index is 11.9. The van der Waals surface area contributed by atoms with E-state index in [4.69, 9.17) is 0 Å². The molecule has 0 aliphatic carbocycles. The molecule has 0 aliphatic rings. The molecular weight excluding hydrogens is 248 g/mol. The Morgan fingerprint density at radius 3 is 3.22 bits per heavy atom. The zero-order valence-electron chi connectivity index (χ0n) is 9.38. The predicted molar refractivity (Wildman–Crippen MR) is 69.4 cm³/mol. The van der Waals surface area contributed by atoms with Gasteiger partial charge in [0, 0.05) is 11.8 Å². The Labute approximate surface area is 107 Å². The highest BCUT2D eigenvalue weighted by molar-refractivity contribution is 7.16. The minimum atomic E-state index is -0.0973. The van der Waals surface area contributed by atoms with Crippen molar-refractivity contribution in [2.75, 3.05) is 0 Å². The van der Waals surface area contributed by atoms with Crippen LogP contribution in [0.4, 0.5) is 0 Å². The predicted octanol–water partition coefficient (Wildman–Crippen LogP) is 1.95. The summed E-state index contributed by atoms with van der Waals surface area (Å²) in [6, 6.07) is 5.50. The molecule has 0 saturated heterocycles. The number of carbonyl (C=O) groups is 1. The molecule has 0 spiro atoms. The maximum atomic E-state index is 11.9. The summed E-state index contributed by atoms with van der Waals surface area (Å²) in [6.45, 7) is 0.444. The number of thiazole rings is 1. The molecule has 18 heavy (non-hydrogen) atoms. The highest BCUT2D eigenvalue weighted by atomic mass is 32.1. The number of hydrogen-bond acceptors (Lipinski definition) is 4. The van der Waals surface area contributed by atoms with Crippen molar-refractivity contribution >= 4 is 27.5 Å². The van der Waals surface area contributed by atoms with Gasteiger partial charge in [0.15, 0.2) is 0 Å². The number of fused-ring (bicyclic) bond motifs is 1. The maximum Gasteiger partial charge on any atom is 0.251 e. The Morgan fingerprint density at radius 1 is 1.44 bits per heavy atom. The van der Waals surface area contributed by atoms with Crippen LogP contribution < -0.4 is 5.32 Å². The third-order valence-corrected chi connectivity index (χ3v) is 3.38. The van der Waals surface area contributed by atoms with Crippen molar-refractivity contribution in [2.24, 2.45) is 0 Å². The number of carbonyl (C=O) groups excluding carboxylic acids is 1. The molecule has 6 heteroatoms. The zero-order chi connectivity index (χ0) is 12.4. The number of amides is 1. The van der Waals surface area contributed by atoms with Gasteiger partial charge in [-0.25, -0.2) is 9.97 Å². The second-order valence-electron chi connectivity index (χ2n) is 3.79. The lowest BCUT2D eigenvalue weighted by Crippen LogP contribution is -2.22. The van der Waals surface area contributed by atoms with Crippen LogP contribution in [0.15, 0.2) is 36.2 Å². The molecule has 2 heterocycles. The number of imidazole rings is 1. The molecule has 0 saturated carbocycles. The molecule has 0 unspecified atom stereocenters. The average molecular weight is 258 g/mol. The van der Waals surface area contributed by atoms with Gasteiger partial charge < -0.3 is 10.3 Å². The fraction of sp³-hybridized carbons (Fsp3) is 0.0833. The fourth-order valence-corrected chi connectivity index (χ4v) is 2.37. The quantitative estimate of drug-likeness (QED) is 0.754. The molecule has 0 fully saturated rings. The minimum Gasteiger partial charge on any atom is -0.347 e. The van der Waals surface area contributed by atoms with Crippen LogP contribution in [-0.4, -0.2) is 20.9 Å². The number of rotatable bonds is 3. The van der Waals surface area contributed by atoms with Crippen LogP contribution in [0, 0.1) is 0 Å². The molecule has 90 valence electrons. The first-order chi connectivity index (χ1) is 8.83. The van der Waals surface area contributed by atoms with Gasteiger partial charge in [-0.1, -0.05) is 0 Å². The van der Waals surface area contributed by atoms with Gasteiger partial charge in [-0.3, -0.25) is 4.79 Å². The normalized spacial score (nSPS) is 10.7. The second kappa shape index (κ2) is 4.58. The van der Waals surface area contributed by atoms with E-state index >= 15 is 0 Å². The first kappa shape index (κ1) is 10.9. The van der Waals surface area contributed by atoms with Gasteiger partial charge in [-0.05, 0) is 18.2 Å². The lowest BCUT2D eigenvalue weighted by atomic mass is 10.2. The number of hydrogen-bond donors (Lipinski definition) is 2. The molecule has 3 rings (SSSR count). The minimum absolute atomic E-state index is 0.0973. The molecule has 0 atom stereocenters. The van der Waals surface area contributed by atoms with Gasteiger partial charge in [0.2, 0.25) is 0 Å². The lowest BCUT2D eigenvalue weighted by molar-refractivity contribution is 0.0950. The smallest absolute Gasteiger partial charge is 0.251 e. The van der Waals surface area contributed by atoms with Crippen molar-refractivity contribution in [3.63, 3.8) is 0 Å². The molecule has 1 aromatic carbocycles. The van der Waals surface area contributed by atoms with Crippen molar-refractivity contribution in [3.05, 3.63) is 47.5 Å². The molecule has 0 aliphatic heterocycles. The third-order valence-electron chi connectivity index (χ3n) is 2.59. The molecule has 0 bridgehead atoms. The van der Waals surface area contributed by atoms with E-state index in [1.54, 1.807) is 24.1 Å². The van der Waals surface area contributed by atoms with Crippen molar-refractivity contribution in [2.45, 2.75) is 6.54 Å². The average Bonchev–Trinajstić information content (AvgIpc) is 3.05. The molecule has 1 amide bonds.